The molecular formula is C14H16FN3O3. The van der Waals surface area contributed by atoms with Crippen LogP contribution in [0.2, 0.25) is 0 Å². The molecule has 0 unspecified atom stereocenters. The molecule has 0 radical (unpaired) electrons. The summed E-state index contributed by atoms with van der Waals surface area (Å²) < 4.78 is 24.0. The lowest BCUT2D eigenvalue weighted by atomic mass is 10.1. The molecule has 1 aromatic carbocycles. The van der Waals surface area contributed by atoms with E-state index in [1.165, 1.54) is 18.3 Å². The molecule has 2 rings (SSSR count). The lowest BCUT2D eigenvalue weighted by Crippen LogP contribution is -2.15. The number of anilines is 1. The summed E-state index contributed by atoms with van der Waals surface area (Å²) in [6, 6.07) is 2.69. The summed E-state index contributed by atoms with van der Waals surface area (Å²) in [5, 5.41) is 0.480. The van der Waals surface area contributed by atoms with Crippen molar-refractivity contribution in [1.82, 2.24) is 4.98 Å². The Morgan fingerprint density at radius 2 is 2.14 bits per heavy atom. The first-order valence-electron chi connectivity index (χ1n) is 6.51. The maximum absolute atomic E-state index is 13.8. The van der Waals surface area contributed by atoms with Gasteiger partial charge in [-0.25, -0.2) is 9.18 Å². The Bertz CT molecular complexity index is 676. The van der Waals surface area contributed by atoms with Gasteiger partial charge in [0.25, 0.3) is 0 Å². The second-order valence-corrected chi connectivity index (χ2v) is 4.14. The maximum atomic E-state index is 13.8. The lowest BCUT2D eigenvalue weighted by Gasteiger charge is -2.12. The zero-order chi connectivity index (χ0) is 15.4. The summed E-state index contributed by atoms with van der Waals surface area (Å²) in [6.45, 7) is 4.00. The number of rotatable bonds is 5. The van der Waals surface area contributed by atoms with Gasteiger partial charge in [-0.2, -0.15) is 0 Å². The van der Waals surface area contributed by atoms with Gasteiger partial charge in [-0.3, -0.25) is 10.8 Å². The van der Waals surface area contributed by atoms with Gasteiger partial charge in [0.1, 0.15) is 5.56 Å². The highest BCUT2D eigenvalue weighted by Crippen LogP contribution is 2.31. The zero-order valence-electron chi connectivity index (χ0n) is 11.8. The van der Waals surface area contributed by atoms with Gasteiger partial charge >= 0.3 is 5.97 Å². The topological polar surface area (TPSA) is 86.5 Å². The van der Waals surface area contributed by atoms with Crippen molar-refractivity contribution in [3.63, 3.8) is 0 Å². The summed E-state index contributed by atoms with van der Waals surface area (Å²) in [6.07, 6.45) is 1.30. The molecule has 0 fully saturated rings. The quantitative estimate of drug-likeness (QED) is 0.499. The fourth-order valence-corrected chi connectivity index (χ4v) is 1.98. The minimum absolute atomic E-state index is 0.0734. The number of benzene rings is 1. The molecule has 0 saturated heterocycles. The third kappa shape index (κ3) is 2.87. The number of pyridine rings is 1. The van der Waals surface area contributed by atoms with Gasteiger partial charge in [0, 0.05) is 17.6 Å². The summed E-state index contributed by atoms with van der Waals surface area (Å²) in [4.78, 5) is 15.9. The first kappa shape index (κ1) is 15.0. The lowest BCUT2D eigenvalue weighted by molar-refractivity contribution is 0.0527. The number of nitrogen functional groups attached to an aromatic ring is 1. The van der Waals surface area contributed by atoms with Crippen LogP contribution in [0.15, 0.2) is 18.3 Å². The van der Waals surface area contributed by atoms with Crippen molar-refractivity contribution in [2.24, 2.45) is 5.84 Å². The highest BCUT2D eigenvalue weighted by Gasteiger charge is 2.18. The van der Waals surface area contributed by atoms with Crippen LogP contribution in [0.5, 0.6) is 5.75 Å². The molecule has 1 aromatic heterocycles. The summed E-state index contributed by atoms with van der Waals surface area (Å²) >= 11 is 0. The molecule has 0 saturated carbocycles. The molecule has 7 heteroatoms. The Hall–Kier alpha value is -2.41. The number of nitrogens with two attached hydrogens (primary N) is 1. The highest BCUT2D eigenvalue weighted by molar-refractivity contribution is 6.05. The van der Waals surface area contributed by atoms with Crippen LogP contribution in [0.4, 0.5) is 10.1 Å². The number of nitrogens with one attached hydrogen (secondary N) is 1. The van der Waals surface area contributed by atoms with E-state index in [1.807, 2.05) is 0 Å². The van der Waals surface area contributed by atoms with Crippen molar-refractivity contribution in [2.75, 3.05) is 18.6 Å². The van der Waals surface area contributed by atoms with Gasteiger partial charge in [-0.05, 0) is 19.9 Å². The Kier molecular flexibility index (Phi) is 4.54. The summed E-state index contributed by atoms with van der Waals surface area (Å²) in [7, 11) is 0. The predicted molar refractivity (Wildman–Crippen MR) is 76.6 cm³/mol. The molecule has 0 bridgehead atoms. The van der Waals surface area contributed by atoms with Crippen LogP contribution in [0.1, 0.15) is 24.2 Å². The van der Waals surface area contributed by atoms with Crippen molar-refractivity contribution >= 4 is 22.6 Å². The number of hydrogen-bond acceptors (Lipinski definition) is 6. The number of hydrogen-bond donors (Lipinski definition) is 2. The molecule has 3 N–H and O–H groups in total. The Morgan fingerprint density at radius 3 is 2.76 bits per heavy atom. The first-order valence-corrected chi connectivity index (χ1v) is 6.51. The number of halogens is 1. The number of hydrazine groups is 1. The SMILES string of the molecule is CCOC(=O)c1cnc2cc(F)c(OCC)cc2c1NN. The summed E-state index contributed by atoms with van der Waals surface area (Å²) in [5.74, 6) is 4.49. The van der Waals surface area contributed by atoms with E-state index in [0.29, 0.717) is 23.2 Å². The van der Waals surface area contributed by atoms with Gasteiger partial charge in [0.15, 0.2) is 11.6 Å². The second-order valence-electron chi connectivity index (χ2n) is 4.14. The molecule has 21 heavy (non-hydrogen) atoms. The molecule has 0 amide bonds. The van der Waals surface area contributed by atoms with Gasteiger partial charge in [-0.1, -0.05) is 0 Å². The van der Waals surface area contributed by atoms with Crippen LogP contribution in [0, 0.1) is 5.82 Å². The van der Waals surface area contributed by atoms with E-state index in [4.69, 9.17) is 15.3 Å². The second kappa shape index (κ2) is 6.36. The van der Waals surface area contributed by atoms with Gasteiger partial charge in [0.2, 0.25) is 0 Å². The van der Waals surface area contributed by atoms with E-state index in [-0.39, 0.29) is 17.9 Å². The predicted octanol–water partition coefficient (Wildman–Crippen LogP) is 2.23. The molecule has 0 aliphatic carbocycles. The number of carbonyl (C=O) groups is 1. The van der Waals surface area contributed by atoms with E-state index in [2.05, 4.69) is 10.4 Å². The van der Waals surface area contributed by atoms with Crippen LogP contribution in [-0.4, -0.2) is 24.2 Å². The number of carbonyl (C=O) groups excluding carboxylic acids is 1. The van der Waals surface area contributed by atoms with Crippen LogP contribution in [-0.2, 0) is 4.74 Å². The van der Waals surface area contributed by atoms with Gasteiger partial charge in [-0.15, -0.1) is 0 Å². The largest absolute Gasteiger partial charge is 0.491 e. The third-order valence-corrected chi connectivity index (χ3v) is 2.86. The number of esters is 1. The molecule has 112 valence electrons. The van der Waals surface area contributed by atoms with Crippen molar-refractivity contribution in [3.8, 4) is 5.75 Å². The third-order valence-electron chi connectivity index (χ3n) is 2.86. The van der Waals surface area contributed by atoms with E-state index in [0.717, 1.165) is 0 Å². The Balaban J connectivity index is 2.64. The number of aromatic nitrogens is 1. The summed E-state index contributed by atoms with van der Waals surface area (Å²) in [5.41, 5.74) is 3.31. The fourth-order valence-electron chi connectivity index (χ4n) is 1.98. The van der Waals surface area contributed by atoms with Crippen LogP contribution in [0.25, 0.3) is 10.9 Å². The molecule has 1 heterocycles. The monoisotopic (exact) mass is 293 g/mol. The maximum Gasteiger partial charge on any atom is 0.341 e. The average molecular weight is 293 g/mol. The van der Waals surface area contributed by atoms with Crippen molar-refractivity contribution in [2.45, 2.75) is 13.8 Å². The van der Waals surface area contributed by atoms with Crippen LogP contribution >= 0.6 is 0 Å². The Labute approximate surface area is 121 Å². The highest BCUT2D eigenvalue weighted by atomic mass is 19.1. The number of nitrogens with zero attached hydrogens (tertiary/aromatic N) is 1. The standard InChI is InChI=1S/C14H16FN3O3/c1-3-20-12-5-8-11(6-10(12)15)17-7-9(13(8)18-16)14(19)21-4-2/h5-7H,3-4,16H2,1-2H3,(H,17,18). The smallest absolute Gasteiger partial charge is 0.341 e. The van der Waals surface area contributed by atoms with Gasteiger partial charge in [0.05, 0.1) is 24.4 Å². The van der Waals surface area contributed by atoms with E-state index < -0.39 is 11.8 Å². The van der Waals surface area contributed by atoms with Crippen molar-refractivity contribution in [1.29, 1.82) is 0 Å². The molecule has 0 aliphatic rings. The molecule has 0 spiro atoms. The van der Waals surface area contributed by atoms with E-state index in [1.54, 1.807) is 13.8 Å². The average Bonchev–Trinajstić information content (AvgIpc) is 2.47. The molecule has 2 aromatic rings. The molecule has 0 atom stereocenters. The van der Waals surface area contributed by atoms with Crippen LogP contribution < -0.4 is 16.0 Å². The number of fused-ring (bicyclic) bond motifs is 1. The minimum atomic E-state index is -0.554. The first-order chi connectivity index (χ1) is 10.1. The Morgan fingerprint density at radius 1 is 1.38 bits per heavy atom. The fraction of sp³-hybridized carbons (Fsp3) is 0.286. The van der Waals surface area contributed by atoms with E-state index >= 15 is 0 Å². The van der Waals surface area contributed by atoms with Crippen LogP contribution in [0.3, 0.4) is 0 Å². The normalized spacial score (nSPS) is 10.5. The molecule has 0 aliphatic heterocycles. The molecular weight excluding hydrogens is 277 g/mol. The van der Waals surface area contributed by atoms with Crippen molar-refractivity contribution < 1.29 is 18.7 Å². The zero-order valence-corrected chi connectivity index (χ0v) is 11.8. The number of ether oxygens (including phenoxy) is 2. The minimum Gasteiger partial charge on any atom is -0.491 e. The molecule has 6 nitrogen and oxygen atoms in total. The van der Waals surface area contributed by atoms with Crippen molar-refractivity contribution in [3.05, 3.63) is 29.7 Å². The van der Waals surface area contributed by atoms with Gasteiger partial charge < -0.3 is 14.9 Å². The van der Waals surface area contributed by atoms with E-state index in [9.17, 15) is 9.18 Å².